The van der Waals surface area contributed by atoms with Gasteiger partial charge < -0.3 is 5.32 Å². The van der Waals surface area contributed by atoms with Crippen LogP contribution in [0, 0.1) is 5.82 Å². The lowest BCUT2D eigenvalue weighted by Crippen LogP contribution is -2.37. The molecule has 0 aliphatic carbocycles. The first kappa shape index (κ1) is 15.3. The number of pyridine rings is 1. The van der Waals surface area contributed by atoms with Crippen molar-refractivity contribution in [3.8, 4) is 0 Å². The van der Waals surface area contributed by atoms with Crippen molar-refractivity contribution in [3.63, 3.8) is 0 Å². The van der Waals surface area contributed by atoms with Gasteiger partial charge in [-0.05, 0) is 29.8 Å². The van der Waals surface area contributed by atoms with Gasteiger partial charge in [0.05, 0.1) is 18.5 Å². The van der Waals surface area contributed by atoms with Crippen LogP contribution in [-0.2, 0) is 16.1 Å². The van der Waals surface area contributed by atoms with Crippen LogP contribution in [0.15, 0.2) is 53.8 Å². The fourth-order valence-corrected chi connectivity index (χ4v) is 1.52. The molecule has 0 saturated heterocycles. The van der Waals surface area contributed by atoms with E-state index in [1.807, 2.05) is 0 Å². The first-order valence-electron chi connectivity index (χ1n) is 6.42. The zero-order valence-electron chi connectivity index (χ0n) is 11.5. The fraction of sp³-hybridized carbons (Fsp3) is 0.0667. The third kappa shape index (κ3) is 4.78. The minimum absolute atomic E-state index is 0.148. The highest BCUT2D eigenvalue weighted by Crippen LogP contribution is 1.99. The summed E-state index contributed by atoms with van der Waals surface area (Å²) in [5.74, 6) is -2.08. The summed E-state index contributed by atoms with van der Waals surface area (Å²) in [6, 6.07) is 10.8. The number of carbonyl (C=O) groups excluding carboxylic acids is 2. The van der Waals surface area contributed by atoms with Gasteiger partial charge in [-0.25, -0.2) is 9.82 Å². The van der Waals surface area contributed by atoms with E-state index in [0.29, 0.717) is 11.3 Å². The molecule has 112 valence electrons. The predicted octanol–water partition coefficient (Wildman–Crippen LogP) is 0.987. The summed E-state index contributed by atoms with van der Waals surface area (Å²) in [5.41, 5.74) is 3.32. The van der Waals surface area contributed by atoms with Gasteiger partial charge in [0.15, 0.2) is 0 Å². The average molecular weight is 300 g/mol. The number of hydrazone groups is 1. The van der Waals surface area contributed by atoms with Gasteiger partial charge >= 0.3 is 11.8 Å². The number of halogens is 1. The number of rotatable bonds is 4. The van der Waals surface area contributed by atoms with Crippen LogP contribution in [0.1, 0.15) is 11.3 Å². The summed E-state index contributed by atoms with van der Waals surface area (Å²) >= 11 is 0. The summed E-state index contributed by atoms with van der Waals surface area (Å²) in [4.78, 5) is 27.0. The highest BCUT2D eigenvalue weighted by Gasteiger charge is 2.11. The Balaban J connectivity index is 1.79. The molecule has 0 spiro atoms. The van der Waals surface area contributed by atoms with E-state index in [4.69, 9.17) is 0 Å². The fourth-order valence-electron chi connectivity index (χ4n) is 1.52. The minimum atomic E-state index is -0.894. The Bertz CT molecular complexity index is 672. The SMILES string of the molecule is O=C(NCc1ccccn1)C(=O)N/N=C\c1ccc(F)cc1. The maximum absolute atomic E-state index is 12.7. The van der Waals surface area contributed by atoms with Crippen LogP contribution < -0.4 is 10.7 Å². The number of amides is 2. The van der Waals surface area contributed by atoms with Crippen LogP contribution in [0.4, 0.5) is 4.39 Å². The molecule has 1 aromatic carbocycles. The van der Waals surface area contributed by atoms with E-state index in [-0.39, 0.29) is 12.4 Å². The van der Waals surface area contributed by atoms with Crippen LogP contribution in [0.3, 0.4) is 0 Å². The summed E-state index contributed by atoms with van der Waals surface area (Å²) in [7, 11) is 0. The van der Waals surface area contributed by atoms with Crippen LogP contribution in [0.25, 0.3) is 0 Å². The normalized spacial score (nSPS) is 10.4. The number of aromatic nitrogens is 1. The van der Waals surface area contributed by atoms with Crippen molar-refractivity contribution in [3.05, 3.63) is 65.7 Å². The number of hydrogen-bond donors (Lipinski definition) is 2. The van der Waals surface area contributed by atoms with Gasteiger partial charge in [0.2, 0.25) is 0 Å². The molecule has 0 saturated carbocycles. The molecule has 2 N–H and O–H groups in total. The molecule has 0 fully saturated rings. The van der Waals surface area contributed by atoms with Crippen LogP contribution >= 0.6 is 0 Å². The number of nitrogens with one attached hydrogen (secondary N) is 2. The second-order valence-corrected chi connectivity index (χ2v) is 4.25. The maximum Gasteiger partial charge on any atom is 0.329 e. The summed E-state index contributed by atoms with van der Waals surface area (Å²) < 4.78 is 12.7. The van der Waals surface area contributed by atoms with Gasteiger partial charge in [0.25, 0.3) is 0 Å². The van der Waals surface area contributed by atoms with E-state index in [2.05, 4.69) is 20.8 Å². The molecule has 0 bridgehead atoms. The summed E-state index contributed by atoms with van der Waals surface area (Å²) in [6.07, 6.45) is 2.90. The van der Waals surface area contributed by atoms with E-state index in [1.165, 1.54) is 30.5 Å². The van der Waals surface area contributed by atoms with Crippen LogP contribution in [0.5, 0.6) is 0 Å². The van der Waals surface area contributed by atoms with Crippen LogP contribution in [-0.4, -0.2) is 23.0 Å². The molecule has 1 heterocycles. The third-order valence-electron chi connectivity index (χ3n) is 2.61. The van der Waals surface area contributed by atoms with Crippen molar-refractivity contribution < 1.29 is 14.0 Å². The topological polar surface area (TPSA) is 83.5 Å². The lowest BCUT2D eigenvalue weighted by atomic mass is 10.2. The Hall–Kier alpha value is -3.09. The molecule has 0 aliphatic heterocycles. The molecule has 7 heteroatoms. The van der Waals surface area contributed by atoms with E-state index in [1.54, 1.807) is 24.4 Å². The largest absolute Gasteiger partial charge is 0.342 e. The molecule has 0 atom stereocenters. The quantitative estimate of drug-likeness (QED) is 0.502. The summed E-state index contributed by atoms with van der Waals surface area (Å²) in [5, 5.41) is 6.04. The Morgan fingerprint density at radius 2 is 1.91 bits per heavy atom. The van der Waals surface area contributed by atoms with Gasteiger partial charge in [-0.2, -0.15) is 5.10 Å². The lowest BCUT2D eigenvalue weighted by molar-refractivity contribution is -0.139. The van der Waals surface area contributed by atoms with E-state index in [9.17, 15) is 14.0 Å². The van der Waals surface area contributed by atoms with Gasteiger partial charge in [0.1, 0.15) is 5.82 Å². The Kier molecular flexibility index (Phi) is 5.31. The minimum Gasteiger partial charge on any atom is -0.342 e. The second kappa shape index (κ2) is 7.63. The molecule has 2 rings (SSSR count). The molecule has 0 radical (unpaired) electrons. The molecule has 0 unspecified atom stereocenters. The van der Waals surface area contributed by atoms with E-state index < -0.39 is 11.8 Å². The van der Waals surface area contributed by atoms with Gasteiger partial charge in [-0.1, -0.05) is 18.2 Å². The predicted molar refractivity (Wildman–Crippen MR) is 78.2 cm³/mol. The molecule has 0 aliphatic rings. The van der Waals surface area contributed by atoms with Gasteiger partial charge in [-0.3, -0.25) is 14.6 Å². The van der Waals surface area contributed by atoms with Crippen molar-refractivity contribution >= 4 is 18.0 Å². The van der Waals surface area contributed by atoms with Crippen LogP contribution in [0.2, 0.25) is 0 Å². The van der Waals surface area contributed by atoms with Crippen molar-refractivity contribution in [1.82, 2.24) is 15.7 Å². The van der Waals surface area contributed by atoms with E-state index in [0.717, 1.165) is 0 Å². The van der Waals surface area contributed by atoms with Crippen molar-refractivity contribution in [2.75, 3.05) is 0 Å². The number of hydrogen-bond acceptors (Lipinski definition) is 4. The first-order valence-corrected chi connectivity index (χ1v) is 6.42. The van der Waals surface area contributed by atoms with Crippen molar-refractivity contribution in [2.45, 2.75) is 6.54 Å². The number of nitrogens with zero attached hydrogens (tertiary/aromatic N) is 2. The number of carbonyl (C=O) groups is 2. The van der Waals surface area contributed by atoms with Gasteiger partial charge in [0, 0.05) is 6.20 Å². The zero-order valence-corrected chi connectivity index (χ0v) is 11.5. The Morgan fingerprint density at radius 1 is 1.14 bits per heavy atom. The second-order valence-electron chi connectivity index (χ2n) is 4.25. The molecule has 6 nitrogen and oxygen atoms in total. The Morgan fingerprint density at radius 3 is 2.59 bits per heavy atom. The maximum atomic E-state index is 12.7. The zero-order chi connectivity index (χ0) is 15.8. The summed E-state index contributed by atoms with van der Waals surface area (Å²) in [6.45, 7) is 0.148. The molecule has 2 aromatic rings. The smallest absolute Gasteiger partial charge is 0.329 e. The molecule has 2 amide bonds. The highest BCUT2D eigenvalue weighted by atomic mass is 19.1. The molecular formula is C15H13FN4O2. The highest BCUT2D eigenvalue weighted by molar-refractivity contribution is 6.35. The number of benzene rings is 1. The monoisotopic (exact) mass is 300 g/mol. The molecular weight excluding hydrogens is 287 g/mol. The molecule has 22 heavy (non-hydrogen) atoms. The van der Waals surface area contributed by atoms with Crippen molar-refractivity contribution in [2.24, 2.45) is 5.10 Å². The van der Waals surface area contributed by atoms with Crippen molar-refractivity contribution in [1.29, 1.82) is 0 Å². The molecule has 1 aromatic heterocycles. The Labute approximate surface area is 126 Å². The first-order chi connectivity index (χ1) is 10.6. The van der Waals surface area contributed by atoms with Gasteiger partial charge in [-0.15, -0.1) is 0 Å². The standard InChI is InChI=1S/C15H13FN4O2/c16-12-6-4-11(5-7-12)9-19-20-15(22)14(21)18-10-13-3-1-2-8-17-13/h1-9H,10H2,(H,18,21)(H,20,22)/b19-9-. The third-order valence-corrected chi connectivity index (χ3v) is 2.61. The van der Waals surface area contributed by atoms with E-state index >= 15 is 0 Å². The lowest BCUT2D eigenvalue weighted by Gasteiger charge is -2.03. The average Bonchev–Trinajstić information content (AvgIpc) is 2.55.